The van der Waals surface area contributed by atoms with Crippen LogP contribution in [0.4, 0.5) is 11.4 Å². The fourth-order valence-corrected chi connectivity index (χ4v) is 2.54. The van der Waals surface area contributed by atoms with Crippen LogP contribution in [-0.4, -0.2) is 29.9 Å². The molecule has 0 radical (unpaired) electrons. The number of rotatable bonds is 5. The van der Waals surface area contributed by atoms with Gasteiger partial charge in [-0.2, -0.15) is 0 Å². The molecule has 0 aliphatic carbocycles. The van der Waals surface area contributed by atoms with Crippen LogP contribution in [0.5, 0.6) is 0 Å². The van der Waals surface area contributed by atoms with Gasteiger partial charge in [0.05, 0.1) is 11.1 Å². The molecule has 114 valence electrons. The summed E-state index contributed by atoms with van der Waals surface area (Å²) in [6, 6.07) is 4.90. The van der Waals surface area contributed by atoms with Crippen LogP contribution in [0.25, 0.3) is 12.2 Å². The third-order valence-corrected chi connectivity index (χ3v) is 3.84. The first-order valence-electron chi connectivity index (χ1n) is 6.37. The van der Waals surface area contributed by atoms with Crippen LogP contribution in [0.2, 0.25) is 0 Å². The molecule has 0 aliphatic heterocycles. The topological polar surface area (TPSA) is 97.2 Å². The lowest BCUT2D eigenvalue weighted by molar-refractivity contribution is -0.383. The van der Waals surface area contributed by atoms with E-state index in [0.717, 1.165) is 0 Å². The van der Waals surface area contributed by atoms with Crippen LogP contribution in [0.15, 0.2) is 24.4 Å². The number of hydrogen-bond donors (Lipinski definition) is 2. The summed E-state index contributed by atoms with van der Waals surface area (Å²) >= 11 is 1.25. The number of anilines is 1. The Bertz CT molecular complexity index is 739. The zero-order chi connectivity index (χ0) is 16.1. The van der Waals surface area contributed by atoms with Gasteiger partial charge in [-0.1, -0.05) is 12.1 Å². The average Bonchev–Trinajstić information content (AvgIpc) is 3.00. The number of benzene rings is 1. The molecule has 0 saturated heterocycles. The number of carbonyl (C=O) groups excluding carboxylic acids is 1. The molecule has 1 heterocycles. The van der Waals surface area contributed by atoms with E-state index in [0.29, 0.717) is 21.1 Å². The highest BCUT2D eigenvalue weighted by atomic mass is 32.1. The fraction of sp³-hybridized carbons (Fsp3) is 0.143. The van der Waals surface area contributed by atoms with Crippen molar-refractivity contribution in [3.05, 3.63) is 50.0 Å². The summed E-state index contributed by atoms with van der Waals surface area (Å²) in [6.45, 7) is 0. The van der Waals surface area contributed by atoms with Gasteiger partial charge in [-0.05, 0) is 17.7 Å². The van der Waals surface area contributed by atoms with Gasteiger partial charge >= 0.3 is 0 Å². The molecule has 1 aromatic heterocycles. The van der Waals surface area contributed by atoms with Gasteiger partial charge in [-0.3, -0.25) is 14.9 Å². The molecule has 22 heavy (non-hydrogen) atoms. The van der Waals surface area contributed by atoms with Crippen molar-refractivity contribution in [2.24, 2.45) is 0 Å². The van der Waals surface area contributed by atoms with E-state index in [2.05, 4.69) is 15.6 Å². The minimum atomic E-state index is -0.434. The van der Waals surface area contributed by atoms with Crippen molar-refractivity contribution in [3.63, 3.8) is 0 Å². The van der Waals surface area contributed by atoms with Crippen molar-refractivity contribution in [3.8, 4) is 0 Å². The second-order valence-corrected chi connectivity index (χ2v) is 5.32. The van der Waals surface area contributed by atoms with E-state index in [4.69, 9.17) is 0 Å². The Kier molecular flexibility index (Phi) is 4.84. The second kappa shape index (κ2) is 6.81. The van der Waals surface area contributed by atoms with Crippen molar-refractivity contribution in [1.29, 1.82) is 0 Å². The second-order valence-electron chi connectivity index (χ2n) is 4.26. The number of nitro benzene ring substituents is 1. The van der Waals surface area contributed by atoms with Gasteiger partial charge in [0.25, 0.3) is 11.6 Å². The van der Waals surface area contributed by atoms with E-state index in [9.17, 15) is 14.9 Å². The Morgan fingerprint density at radius 2 is 2.14 bits per heavy atom. The average molecular weight is 318 g/mol. The van der Waals surface area contributed by atoms with Crippen LogP contribution < -0.4 is 10.6 Å². The van der Waals surface area contributed by atoms with Gasteiger partial charge in [-0.15, -0.1) is 11.3 Å². The number of nitro groups is 1. The number of carbonyl (C=O) groups is 1. The lowest BCUT2D eigenvalue weighted by Gasteiger charge is -2.02. The van der Waals surface area contributed by atoms with E-state index in [1.807, 2.05) is 0 Å². The minimum absolute atomic E-state index is 0.00911. The summed E-state index contributed by atoms with van der Waals surface area (Å²) < 4.78 is 0. The zero-order valence-corrected chi connectivity index (χ0v) is 12.8. The third-order valence-electron chi connectivity index (χ3n) is 2.88. The van der Waals surface area contributed by atoms with Crippen molar-refractivity contribution in [2.75, 3.05) is 19.4 Å². The molecule has 0 unspecified atom stereocenters. The summed E-state index contributed by atoms with van der Waals surface area (Å²) in [4.78, 5) is 26.6. The maximum absolute atomic E-state index is 11.4. The van der Waals surface area contributed by atoms with E-state index < -0.39 is 4.92 Å². The Hall–Kier alpha value is -2.74. The third kappa shape index (κ3) is 3.47. The minimum Gasteiger partial charge on any atom is -0.383 e. The van der Waals surface area contributed by atoms with E-state index in [1.54, 1.807) is 38.4 Å². The predicted molar refractivity (Wildman–Crippen MR) is 87.1 cm³/mol. The van der Waals surface area contributed by atoms with Gasteiger partial charge in [0.1, 0.15) is 15.6 Å². The predicted octanol–water partition coefficient (Wildman–Crippen LogP) is 2.62. The monoisotopic (exact) mass is 318 g/mol. The molecule has 0 atom stereocenters. The summed E-state index contributed by atoms with van der Waals surface area (Å²) in [5, 5.41) is 17.0. The maximum atomic E-state index is 11.4. The highest BCUT2D eigenvalue weighted by molar-refractivity contribution is 7.14. The zero-order valence-electron chi connectivity index (χ0n) is 12.0. The molecule has 0 saturated carbocycles. The first kappa shape index (κ1) is 15.6. The lowest BCUT2D eigenvalue weighted by Crippen LogP contribution is -2.16. The summed E-state index contributed by atoms with van der Waals surface area (Å²) in [7, 11) is 3.19. The molecule has 1 aromatic carbocycles. The van der Waals surface area contributed by atoms with Crippen LogP contribution in [0.1, 0.15) is 20.2 Å². The fourth-order valence-electron chi connectivity index (χ4n) is 1.78. The van der Waals surface area contributed by atoms with Crippen molar-refractivity contribution >= 4 is 40.8 Å². The molecule has 8 heteroatoms. The van der Waals surface area contributed by atoms with Gasteiger partial charge in [-0.25, -0.2) is 4.98 Å². The number of thiazole rings is 1. The Morgan fingerprint density at radius 1 is 1.36 bits per heavy atom. The number of amides is 1. The van der Waals surface area contributed by atoms with Crippen molar-refractivity contribution in [1.82, 2.24) is 10.3 Å². The molecule has 2 aromatic rings. The first-order chi connectivity index (χ1) is 10.5. The number of hydrogen-bond acceptors (Lipinski definition) is 6. The molecule has 7 nitrogen and oxygen atoms in total. The molecule has 2 rings (SSSR count). The highest BCUT2D eigenvalue weighted by Crippen LogP contribution is 2.26. The van der Waals surface area contributed by atoms with Crippen LogP contribution in [-0.2, 0) is 0 Å². The molecular weight excluding hydrogens is 304 g/mol. The van der Waals surface area contributed by atoms with Crippen LogP contribution >= 0.6 is 11.3 Å². The standard InChI is InChI=1S/C14H14N4O3S/c1-15-10-5-3-9(7-11(10)18(20)21)4-6-13-17-8-12(22-13)14(19)16-2/h3-8,15H,1-2H3,(H,16,19). The maximum Gasteiger partial charge on any atom is 0.292 e. The molecule has 2 N–H and O–H groups in total. The van der Waals surface area contributed by atoms with E-state index in [1.165, 1.54) is 23.6 Å². The van der Waals surface area contributed by atoms with Gasteiger partial charge in [0.2, 0.25) is 0 Å². The van der Waals surface area contributed by atoms with Crippen molar-refractivity contribution < 1.29 is 9.72 Å². The van der Waals surface area contributed by atoms with Gasteiger partial charge < -0.3 is 10.6 Å². The molecule has 0 spiro atoms. The van der Waals surface area contributed by atoms with Gasteiger partial charge in [0, 0.05) is 20.2 Å². The van der Waals surface area contributed by atoms with Gasteiger partial charge in [0.15, 0.2) is 0 Å². The van der Waals surface area contributed by atoms with Crippen molar-refractivity contribution in [2.45, 2.75) is 0 Å². The highest BCUT2D eigenvalue weighted by Gasteiger charge is 2.12. The molecule has 0 bridgehead atoms. The Labute approximate surface area is 130 Å². The first-order valence-corrected chi connectivity index (χ1v) is 7.19. The van der Waals surface area contributed by atoms with Crippen LogP contribution in [0.3, 0.4) is 0 Å². The molecule has 0 fully saturated rings. The quantitative estimate of drug-likeness (QED) is 0.652. The number of nitrogens with zero attached hydrogens (tertiary/aromatic N) is 2. The molecular formula is C14H14N4O3S. The summed E-state index contributed by atoms with van der Waals surface area (Å²) in [6.07, 6.45) is 4.93. The smallest absolute Gasteiger partial charge is 0.292 e. The summed E-state index contributed by atoms with van der Waals surface area (Å²) in [5.74, 6) is -0.189. The Morgan fingerprint density at radius 3 is 2.77 bits per heavy atom. The Balaban J connectivity index is 2.23. The number of aromatic nitrogens is 1. The SMILES string of the molecule is CNC(=O)c1cnc(C=Cc2ccc(NC)c([N+](=O)[O-])c2)s1. The largest absolute Gasteiger partial charge is 0.383 e. The number of nitrogens with one attached hydrogen (secondary N) is 2. The molecule has 1 amide bonds. The molecule has 0 aliphatic rings. The normalized spacial score (nSPS) is 10.6. The lowest BCUT2D eigenvalue weighted by atomic mass is 10.1. The van der Waals surface area contributed by atoms with E-state index >= 15 is 0 Å². The van der Waals surface area contributed by atoms with Crippen LogP contribution in [0, 0.1) is 10.1 Å². The van der Waals surface area contributed by atoms with E-state index in [-0.39, 0.29) is 11.6 Å². The summed E-state index contributed by atoms with van der Waals surface area (Å²) in [5.41, 5.74) is 1.15.